The van der Waals surface area contributed by atoms with Gasteiger partial charge in [-0.05, 0) is 30.3 Å². The third-order valence-electron chi connectivity index (χ3n) is 4.16. The molecule has 154 valence electrons. The normalized spacial score (nSPS) is 11.7. The number of aromatic nitrogens is 5. The summed E-state index contributed by atoms with van der Waals surface area (Å²) in [4.78, 5) is 24.2. The molecular formula is C17H16F4N6O2. The van der Waals surface area contributed by atoms with Gasteiger partial charge in [-0.2, -0.15) is 18.3 Å². The molecular weight excluding hydrogens is 396 g/mol. The molecule has 0 saturated carbocycles. The summed E-state index contributed by atoms with van der Waals surface area (Å²) in [5.41, 5.74) is 0.313. The van der Waals surface area contributed by atoms with Crippen molar-refractivity contribution in [3.63, 3.8) is 0 Å². The van der Waals surface area contributed by atoms with Crippen LogP contribution in [-0.4, -0.2) is 36.6 Å². The molecule has 3 aromatic rings. The number of carbonyl (C=O) groups is 1. The summed E-state index contributed by atoms with van der Waals surface area (Å²) in [5, 5.41) is 9.96. The van der Waals surface area contributed by atoms with Gasteiger partial charge in [0.25, 0.3) is 5.91 Å². The zero-order chi connectivity index (χ0) is 21.3. The fourth-order valence-corrected chi connectivity index (χ4v) is 2.69. The summed E-state index contributed by atoms with van der Waals surface area (Å²) in [6.07, 6.45) is -4.76. The van der Waals surface area contributed by atoms with E-state index in [-0.39, 0.29) is 18.8 Å². The van der Waals surface area contributed by atoms with E-state index >= 15 is 0 Å². The van der Waals surface area contributed by atoms with Crippen molar-refractivity contribution in [3.05, 3.63) is 58.2 Å². The van der Waals surface area contributed by atoms with Crippen LogP contribution in [-0.2, 0) is 26.8 Å². The number of nitrogens with zero attached hydrogens (tertiary/aromatic N) is 5. The number of amides is 1. The number of nitrogens with one attached hydrogen (secondary N) is 1. The molecule has 0 aliphatic carbocycles. The van der Waals surface area contributed by atoms with Crippen LogP contribution in [0.5, 0.6) is 0 Å². The molecule has 3 rings (SSSR count). The molecule has 0 aliphatic rings. The van der Waals surface area contributed by atoms with Crippen molar-refractivity contribution in [1.82, 2.24) is 29.4 Å². The van der Waals surface area contributed by atoms with E-state index in [0.717, 1.165) is 7.05 Å². The van der Waals surface area contributed by atoms with Gasteiger partial charge >= 0.3 is 11.9 Å². The first-order chi connectivity index (χ1) is 13.6. The van der Waals surface area contributed by atoms with Crippen molar-refractivity contribution in [2.75, 3.05) is 6.54 Å². The maximum absolute atomic E-state index is 13.0. The standard InChI is InChI=1S/C17H16F4N6O2/c1-25-15(17(19,20)21)24-27(16(25)29)8-7-22-14(28)13-9-12(23-26(13)2)10-3-5-11(18)6-4-10/h3-6,9H,7-8H2,1-2H3,(H,22,28). The second-order valence-electron chi connectivity index (χ2n) is 6.19. The maximum atomic E-state index is 13.0. The van der Waals surface area contributed by atoms with Crippen molar-refractivity contribution < 1.29 is 22.4 Å². The molecule has 0 saturated heterocycles. The van der Waals surface area contributed by atoms with Gasteiger partial charge in [0, 0.05) is 26.2 Å². The van der Waals surface area contributed by atoms with Crippen LogP contribution in [0.2, 0.25) is 0 Å². The largest absolute Gasteiger partial charge is 0.451 e. The molecule has 0 spiro atoms. The highest BCUT2D eigenvalue weighted by atomic mass is 19.4. The van der Waals surface area contributed by atoms with Crippen LogP contribution in [0.1, 0.15) is 16.3 Å². The van der Waals surface area contributed by atoms with Crippen molar-refractivity contribution in [2.24, 2.45) is 14.1 Å². The van der Waals surface area contributed by atoms with E-state index in [0.29, 0.717) is 20.5 Å². The molecule has 0 radical (unpaired) electrons. The first-order valence-electron chi connectivity index (χ1n) is 8.37. The highest BCUT2D eigenvalue weighted by Crippen LogP contribution is 2.26. The zero-order valence-corrected chi connectivity index (χ0v) is 15.4. The maximum Gasteiger partial charge on any atom is 0.451 e. The number of alkyl halides is 3. The van der Waals surface area contributed by atoms with Crippen molar-refractivity contribution in [1.29, 1.82) is 0 Å². The predicted molar refractivity (Wildman–Crippen MR) is 93.4 cm³/mol. The Labute approximate surface area is 161 Å². The summed E-state index contributed by atoms with van der Waals surface area (Å²) in [7, 11) is 2.51. The van der Waals surface area contributed by atoms with Crippen molar-refractivity contribution >= 4 is 5.91 Å². The monoisotopic (exact) mass is 412 g/mol. The van der Waals surface area contributed by atoms with Crippen molar-refractivity contribution in [2.45, 2.75) is 12.7 Å². The Hall–Kier alpha value is -3.44. The molecule has 1 aromatic carbocycles. The minimum atomic E-state index is -4.76. The highest BCUT2D eigenvalue weighted by molar-refractivity contribution is 5.93. The van der Waals surface area contributed by atoms with E-state index in [1.165, 1.54) is 35.0 Å². The van der Waals surface area contributed by atoms with E-state index < -0.39 is 29.4 Å². The van der Waals surface area contributed by atoms with Crippen LogP contribution in [0, 0.1) is 5.82 Å². The van der Waals surface area contributed by atoms with Crippen LogP contribution < -0.4 is 11.0 Å². The predicted octanol–water partition coefficient (Wildman–Crippen LogP) is 1.57. The van der Waals surface area contributed by atoms with E-state index in [1.54, 1.807) is 7.05 Å². The average molecular weight is 412 g/mol. The number of halogens is 4. The summed E-state index contributed by atoms with van der Waals surface area (Å²) in [5.74, 6) is -2.25. The SMILES string of the molecule is Cn1nc(-c2ccc(F)cc2)cc1C(=O)NCCn1nc(C(F)(F)F)n(C)c1=O. The lowest BCUT2D eigenvalue weighted by Gasteiger charge is -2.05. The van der Waals surface area contributed by atoms with Crippen LogP contribution in [0.3, 0.4) is 0 Å². The van der Waals surface area contributed by atoms with Gasteiger partial charge in [-0.3, -0.25) is 14.0 Å². The van der Waals surface area contributed by atoms with E-state index in [2.05, 4.69) is 15.5 Å². The quantitative estimate of drug-likeness (QED) is 0.645. The van der Waals surface area contributed by atoms with E-state index in [1.807, 2.05) is 0 Å². The van der Waals surface area contributed by atoms with E-state index in [4.69, 9.17) is 0 Å². The molecule has 0 aliphatic heterocycles. The first-order valence-corrected chi connectivity index (χ1v) is 8.37. The van der Waals surface area contributed by atoms with Gasteiger partial charge in [0.1, 0.15) is 11.5 Å². The molecule has 8 nitrogen and oxygen atoms in total. The lowest BCUT2D eigenvalue weighted by molar-refractivity contribution is -0.147. The van der Waals surface area contributed by atoms with Gasteiger partial charge in [0.05, 0.1) is 12.2 Å². The second-order valence-corrected chi connectivity index (χ2v) is 6.19. The molecule has 2 heterocycles. The highest BCUT2D eigenvalue weighted by Gasteiger charge is 2.37. The van der Waals surface area contributed by atoms with Gasteiger partial charge < -0.3 is 5.32 Å². The van der Waals surface area contributed by atoms with Crippen molar-refractivity contribution in [3.8, 4) is 11.3 Å². The molecule has 1 amide bonds. The molecule has 0 bridgehead atoms. The molecule has 1 N–H and O–H groups in total. The minimum absolute atomic E-state index is 0.121. The van der Waals surface area contributed by atoms with Crippen LogP contribution >= 0.6 is 0 Å². The molecule has 29 heavy (non-hydrogen) atoms. The Morgan fingerprint density at radius 1 is 1.14 bits per heavy atom. The zero-order valence-electron chi connectivity index (χ0n) is 15.4. The molecule has 12 heteroatoms. The average Bonchev–Trinajstić information content (AvgIpc) is 3.17. The summed E-state index contributed by atoms with van der Waals surface area (Å²) in [6, 6.07) is 7.07. The number of benzene rings is 1. The topological polar surface area (TPSA) is 86.7 Å². The Balaban J connectivity index is 1.68. The fraction of sp³-hybridized carbons (Fsp3) is 0.294. The number of aryl methyl sites for hydroxylation is 1. The molecule has 0 fully saturated rings. The lowest BCUT2D eigenvalue weighted by atomic mass is 10.1. The van der Waals surface area contributed by atoms with Gasteiger partial charge in [-0.1, -0.05) is 0 Å². The number of rotatable bonds is 5. The molecule has 0 atom stereocenters. The second kappa shape index (κ2) is 7.53. The van der Waals surface area contributed by atoms with Gasteiger partial charge in [0.15, 0.2) is 0 Å². The lowest BCUT2D eigenvalue weighted by Crippen LogP contribution is -2.32. The van der Waals surface area contributed by atoms with Crippen LogP contribution in [0.25, 0.3) is 11.3 Å². The van der Waals surface area contributed by atoms with Crippen LogP contribution in [0.15, 0.2) is 35.1 Å². The summed E-state index contributed by atoms with van der Waals surface area (Å²) >= 11 is 0. The number of carbonyl (C=O) groups excluding carboxylic acids is 1. The van der Waals surface area contributed by atoms with Gasteiger partial charge in [-0.15, -0.1) is 5.10 Å². The Bertz CT molecular complexity index is 1090. The van der Waals surface area contributed by atoms with E-state index in [9.17, 15) is 27.2 Å². The summed E-state index contributed by atoms with van der Waals surface area (Å²) in [6.45, 7) is -0.360. The molecule has 2 aromatic heterocycles. The Morgan fingerprint density at radius 2 is 1.79 bits per heavy atom. The summed E-state index contributed by atoms with van der Waals surface area (Å²) < 4.78 is 53.8. The first kappa shape index (κ1) is 20.3. The van der Waals surface area contributed by atoms with Gasteiger partial charge in [0.2, 0.25) is 5.82 Å². The minimum Gasteiger partial charge on any atom is -0.349 e. The fourth-order valence-electron chi connectivity index (χ4n) is 2.69. The third-order valence-corrected chi connectivity index (χ3v) is 4.16. The number of hydrogen-bond donors (Lipinski definition) is 1. The smallest absolute Gasteiger partial charge is 0.349 e. The third kappa shape index (κ3) is 4.20. The molecule has 0 unspecified atom stereocenters. The van der Waals surface area contributed by atoms with Gasteiger partial charge in [-0.25, -0.2) is 13.9 Å². The Morgan fingerprint density at radius 3 is 2.38 bits per heavy atom. The number of hydrogen-bond acceptors (Lipinski definition) is 4. The Kier molecular flexibility index (Phi) is 5.27. The van der Waals surface area contributed by atoms with Crippen LogP contribution in [0.4, 0.5) is 17.6 Å².